The molecule has 0 aromatic carbocycles. The Labute approximate surface area is 126 Å². The lowest BCUT2D eigenvalue weighted by Crippen LogP contribution is -1.99. The van der Waals surface area contributed by atoms with Crippen molar-refractivity contribution in [2.24, 2.45) is 0 Å². The summed E-state index contributed by atoms with van der Waals surface area (Å²) in [5, 5.41) is 6.24. The zero-order valence-corrected chi connectivity index (χ0v) is 14.2. The van der Waals surface area contributed by atoms with E-state index in [2.05, 4.69) is 36.2 Å². The summed E-state index contributed by atoms with van der Waals surface area (Å²) in [5.74, 6) is 0. The van der Waals surface area contributed by atoms with E-state index < -0.39 is 0 Å². The van der Waals surface area contributed by atoms with E-state index in [1.54, 1.807) is 19.4 Å². The van der Waals surface area contributed by atoms with Crippen LogP contribution in [0.25, 0.3) is 4.91 Å². The fourth-order valence-corrected chi connectivity index (χ4v) is 7.21. The van der Waals surface area contributed by atoms with Crippen LogP contribution in [-0.4, -0.2) is 14.4 Å². The largest absolute Gasteiger partial charge is 0.149 e. The van der Waals surface area contributed by atoms with Crippen LogP contribution in [0.5, 0.6) is 0 Å². The van der Waals surface area contributed by atoms with Crippen LogP contribution in [0.4, 0.5) is 0 Å². The van der Waals surface area contributed by atoms with Crippen LogP contribution in [-0.2, 0) is 0 Å². The second kappa shape index (κ2) is 6.55. The summed E-state index contributed by atoms with van der Waals surface area (Å²) in [4.78, 5) is 1.62. The topological polar surface area (TPSA) is 0 Å². The van der Waals surface area contributed by atoms with Crippen LogP contribution in [0, 0.1) is 4.13 Å². The van der Waals surface area contributed by atoms with Gasteiger partial charge in [0.15, 0.2) is 0 Å². The van der Waals surface area contributed by atoms with Gasteiger partial charge >= 0.3 is 0 Å². The minimum Gasteiger partial charge on any atom is -0.149 e. The number of hydrogen-bond acceptors (Lipinski definition) is 2. The number of fused-ring (bicyclic) bond motifs is 2. The first-order valence-corrected chi connectivity index (χ1v) is 10.2. The summed E-state index contributed by atoms with van der Waals surface area (Å²) in [6.45, 7) is 2.29. The lowest BCUT2D eigenvalue weighted by Gasteiger charge is -2.06. The van der Waals surface area contributed by atoms with Gasteiger partial charge in [-0.25, -0.2) is 0 Å². The Morgan fingerprint density at radius 3 is 2.89 bits per heavy atom. The molecule has 0 amide bonds. The predicted molar refractivity (Wildman–Crippen MR) is 89.4 cm³/mol. The summed E-state index contributed by atoms with van der Waals surface area (Å²) >= 11 is 4.07. The average Bonchev–Trinajstić information content (AvgIpc) is 3.05. The first-order chi connectivity index (χ1) is 9.38. The number of hydrogen-bond donors (Lipinski definition) is 0. The first kappa shape index (κ1) is 13.8. The molecule has 1 aromatic heterocycles. The lowest BCUT2D eigenvalue weighted by molar-refractivity contribution is 0.595. The highest BCUT2D eigenvalue weighted by atomic mass is 32.2. The highest BCUT2D eigenvalue weighted by molar-refractivity contribution is 8.09. The number of unbranched alkanes of at least 4 members (excludes halogenated alkanes) is 5. The quantitative estimate of drug-likeness (QED) is 0.525. The van der Waals surface area contributed by atoms with E-state index in [0.29, 0.717) is 0 Å². The third-order valence-corrected chi connectivity index (χ3v) is 7.97. The van der Waals surface area contributed by atoms with Gasteiger partial charge in [-0.2, -0.15) is 0 Å². The molecule has 0 saturated carbocycles. The molecule has 0 bridgehead atoms. The molecule has 1 unspecified atom stereocenters. The Kier molecular flexibility index (Phi) is 4.77. The fourth-order valence-electron chi connectivity index (χ4n) is 2.79. The Bertz CT molecular complexity index is 582. The zero-order valence-electron chi connectivity index (χ0n) is 11.6. The second-order valence-electron chi connectivity index (χ2n) is 5.41. The average molecular weight is 306 g/mol. The summed E-state index contributed by atoms with van der Waals surface area (Å²) in [6, 6.07) is 2.32. The molecule has 3 heteroatoms. The van der Waals surface area contributed by atoms with Gasteiger partial charge in [-0.3, -0.25) is 0 Å². The Balaban J connectivity index is 1.48. The maximum Gasteiger partial charge on any atom is 0.0844 e. The van der Waals surface area contributed by atoms with Crippen molar-refractivity contribution < 1.29 is 0 Å². The summed E-state index contributed by atoms with van der Waals surface area (Å²) in [7, 11) is 0.951. The van der Waals surface area contributed by atoms with Crippen molar-refractivity contribution in [2.45, 2.75) is 57.1 Å². The molecule has 0 aliphatic carbocycles. The van der Waals surface area contributed by atoms with Crippen molar-refractivity contribution in [3.05, 3.63) is 32.1 Å². The lowest BCUT2D eigenvalue weighted by atomic mass is 10.1. The standard InChI is InChI=1S/C16H21S2Si/c1-2-3-4-5-6-7-8-12-11-14-15(18-12)13-9-10-17-16(13)19-14/h9-12H,2-8H2,1H3. The van der Waals surface area contributed by atoms with E-state index in [0.717, 1.165) is 14.4 Å². The highest BCUT2D eigenvalue weighted by Gasteiger charge is 2.23. The van der Waals surface area contributed by atoms with Gasteiger partial charge in [0.05, 0.1) is 9.13 Å². The highest BCUT2D eigenvalue weighted by Crippen LogP contribution is 2.40. The monoisotopic (exact) mass is 305 g/mol. The van der Waals surface area contributed by atoms with Crippen molar-refractivity contribution in [1.29, 1.82) is 0 Å². The van der Waals surface area contributed by atoms with Gasteiger partial charge in [0.1, 0.15) is 0 Å². The maximum atomic E-state index is 2.57. The van der Waals surface area contributed by atoms with Gasteiger partial charge in [-0.05, 0) is 23.1 Å². The van der Waals surface area contributed by atoms with Crippen molar-refractivity contribution in [3.8, 4) is 0 Å². The summed E-state index contributed by atoms with van der Waals surface area (Å²) in [6.07, 6.45) is 12.4. The molecule has 0 nitrogen and oxygen atoms in total. The molecule has 101 valence electrons. The van der Waals surface area contributed by atoms with E-state index in [9.17, 15) is 0 Å². The molecular weight excluding hydrogens is 284 g/mol. The smallest absolute Gasteiger partial charge is 0.0844 e. The third-order valence-electron chi connectivity index (χ3n) is 3.87. The van der Waals surface area contributed by atoms with Gasteiger partial charge < -0.3 is 0 Å². The second-order valence-corrected chi connectivity index (χ2v) is 9.23. The molecule has 3 rings (SSSR count). The van der Waals surface area contributed by atoms with Crippen LogP contribution in [0.15, 0.2) is 22.7 Å². The van der Waals surface area contributed by atoms with E-state index in [-0.39, 0.29) is 0 Å². The molecule has 2 aliphatic heterocycles. The number of thioether (sulfide) groups is 1. The first-order valence-electron chi connectivity index (χ1n) is 7.49. The summed E-state index contributed by atoms with van der Waals surface area (Å²) < 4.78 is 1.62. The van der Waals surface area contributed by atoms with Crippen LogP contribution in [0.3, 0.4) is 0 Å². The molecule has 0 saturated heterocycles. The van der Waals surface area contributed by atoms with Gasteiger partial charge in [-0.1, -0.05) is 51.5 Å². The van der Waals surface area contributed by atoms with E-state index in [1.807, 2.05) is 11.3 Å². The van der Waals surface area contributed by atoms with Crippen molar-refractivity contribution in [1.82, 2.24) is 0 Å². The van der Waals surface area contributed by atoms with Crippen LogP contribution in [0.2, 0.25) is 0 Å². The SMILES string of the molecule is CCCCCCCCC1C=C2[Si]=c3sccc3=C2S1. The van der Waals surface area contributed by atoms with Gasteiger partial charge in [0, 0.05) is 19.5 Å². The molecule has 3 heterocycles. The van der Waals surface area contributed by atoms with E-state index in [1.165, 1.54) is 44.9 Å². The van der Waals surface area contributed by atoms with Crippen LogP contribution >= 0.6 is 23.1 Å². The van der Waals surface area contributed by atoms with E-state index in [4.69, 9.17) is 0 Å². The van der Waals surface area contributed by atoms with Crippen molar-refractivity contribution in [3.63, 3.8) is 0 Å². The van der Waals surface area contributed by atoms with Crippen molar-refractivity contribution in [2.75, 3.05) is 0 Å². The summed E-state index contributed by atoms with van der Waals surface area (Å²) in [5.41, 5.74) is 0. The molecule has 1 radical (unpaired) electrons. The van der Waals surface area contributed by atoms with Gasteiger partial charge in [-0.15, -0.1) is 23.1 Å². The van der Waals surface area contributed by atoms with Gasteiger partial charge in [0.25, 0.3) is 0 Å². The predicted octanol–water partition coefficient (Wildman–Crippen LogP) is 4.57. The molecule has 19 heavy (non-hydrogen) atoms. The molecule has 0 N–H and O–H groups in total. The molecule has 0 fully saturated rings. The maximum absolute atomic E-state index is 2.57. The van der Waals surface area contributed by atoms with Crippen molar-refractivity contribution >= 4 is 37.1 Å². The molecular formula is C16H21S2Si. The fraction of sp³-hybridized carbons (Fsp3) is 0.562. The molecule has 1 aromatic rings. The minimum atomic E-state index is 0.775. The normalized spacial score (nSPS) is 20.2. The number of rotatable bonds is 7. The van der Waals surface area contributed by atoms with Crippen LogP contribution in [0.1, 0.15) is 51.9 Å². The molecule has 1 atom stereocenters. The number of thiophene rings is 1. The zero-order chi connectivity index (χ0) is 13.1. The third kappa shape index (κ3) is 3.14. The van der Waals surface area contributed by atoms with E-state index >= 15 is 0 Å². The molecule has 2 aliphatic rings. The van der Waals surface area contributed by atoms with Gasteiger partial charge in [0.2, 0.25) is 0 Å². The Morgan fingerprint density at radius 1 is 1.16 bits per heavy atom. The Morgan fingerprint density at radius 2 is 2.00 bits per heavy atom. The Hall–Kier alpha value is -0.123. The molecule has 0 spiro atoms. The minimum absolute atomic E-state index is 0.775. The van der Waals surface area contributed by atoms with Crippen LogP contribution < -0.4 is 5.22 Å².